The highest BCUT2D eigenvalue weighted by atomic mass is 35.5. The molecule has 2 aromatic carbocycles. The van der Waals surface area contributed by atoms with Crippen LogP contribution in [0.15, 0.2) is 70.3 Å². The third kappa shape index (κ3) is 3.49. The Morgan fingerprint density at radius 1 is 1.07 bits per heavy atom. The molecule has 1 unspecified atom stereocenters. The van der Waals surface area contributed by atoms with Gasteiger partial charge in [0.15, 0.2) is 12.0 Å². The van der Waals surface area contributed by atoms with Gasteiger partial charge in [0, 0.05) is 28.6 Å². The van der Waals surface area contributed by atoms with Crippen LogP contribution < -0.4 is 0 Å². The fourth-order valence-corrected chi connectivity index (χ4v) is 3.01. The first-order valence-corrected chi connectivity index (χ1v) is 8.63. The molecule has 1 aliphatic rings. The minimum Gasteiger partial charge on any atom is -0.369 e. The smallest absolute Gasteiger partial charge is 0.175 e. The molecule has 1 atom stereocenters. The summed E-state index contributed by atoms with van der Waals surface area (Å²) in [7, 11) is 0. The summed E-state index contributed by atoms with van der Waals surface area (Å²) < 4.78 is 18.9. The lowest BCUT2D eigenvalue weighted by Gasteiger charge is -2.26. The molecule has 1 aliphatic heterocycles. The van der Waals surface area contributed by atoms with Crippen LogP contribution >= 0.6 is 11.6 Å². The SMILES string of the molecule is OC(c1c(-c2ccc(Cl)cc2)noc1-c1ccc(F)cc1)N1C=CC=NC1. The van der Waals surface area contributed by atoms with Crippen LogP contribution in [-0.2, 0) is 0 Å². The Labute approximate surface area is 160 Å². The molecular weight excluding hydrogens is 369 g/mol. The molecule has 0 fully saturated rings. The summed E-state index contributed by atoms with van der Waals surface area (Å²) in [5, 5.41) is 15.8. The summed E-state index contributed by atoms with van der Waals surface area (Å²) in [6.07, 6.45) is 4.10. The first-order chi connectivity index (χ1) is 13.1. The molecule has 3 aromatic rings. The fraction of sp³-hybridized carbons (Fsp3) is 0.100. The lowest BCUT2D eigenvalue weighted by Crippen LogP contribution is -2.25. The number of rotatable bonds is 4. The topological polar surface area (TPSA) is 61.9 Å². The third-order valence-electron chi connectivity index (χ3n) is 4.24. The van der Waals surface area contributed by atoms with Crippen molar-refractivity contribution in [2.45, 2.75) is 6.23 Å². The zero-order valence-electron chi connectivity index (χ0n) is 14.1. The van der Waals surface area contributed by atoms with Crippen LogP contribution in [0.3, 0.4) is 0 Å². The van der Waals surface area contributed by atoms with Gasteiger partial charge in [0.25, 0.3) is 0 Å². The highest BCUT2D eigenvalue weighted by Crippen LogP contribution is 2.38. The maximum absolute atomic E-state index is 13.3. The first-order valence-electron chi connectivity index (χ1n) is 8.25. The molecular formula is C20H15ClFN3O2. The van der Waals surface area contributed by atoms with Crippen molar-refractivity contribution in [3.05, 3.63) is 77.2 Å². The van der Waals surface area contributed by atoms with E-state index in [1.165, 1.54) is 12.1 Å². The number of hydrogen-bond donors (Lipinski definition) is 1. The molecule has 0 bridgehead atoms. The van der Waals surface area contributed by atoms with E-state index in [0.717, 1.165) is 5.56 Å². The fourth-order valence-electron chi connectivity index (χ4n) is 2.89. The number of allylic oxidation sites excluding steroid dienone is 1. The zero-order chi connectivity index (χ0) is 18.8. The van der Waals surface area contributed by atoms with Gasteiger partial charge in [0.1, 0.15) is 18.2 Å². The van der Waals surface area contributed by atoms with E-state index in [4.69, 9.17) is 16.1 Å². The Kier molecular flexibility index (Phi) is 4.75. The summed E-state index contributed by atoms with van der Waals surface area (Å²) >= 11 is 5.98. The number of hydrogen-bond acceptors (Lipinski definition) is 5. The molecule has 2 heterocycles. The number of benzene rings is 2. The summed E-state index contributed by atoms with van der Waals surface area (Å²) in [5.74, 6) is 0.0157. The van der Waals surface area contributed by atoms with Crippen LogP contribution in [0.25, 0.3) is 22.6 Å². The quantitative estimate of drug-likeness (QED) is 0.712. The molecule has 27 heavy (non-hydrogen) atoms. The summed E-state index contributed by atoms with van der Waals surface area (Å²) in [6, 6.07) is 12.9. The summed E-state index contributed by atoms with van der Waals surface area (Å²) in [4.78, 5) is 5.81. The number of aromatic nitrogens is 1. The maximum atomic E-state index is 13.3. The van der Waals surface area contributed by atoms with Gasteiger partial charge in [0.2, 0.25) is 0 Å². The van der Waals surface area contributed by atoms with E-state index in [9.17, 15) is 9.50 Å². The normalized spacial score (nSPS) is 14.6. The predicted molar refractivity (Wildman–Crippen MR) is 102 cm³/mol. The van der Waals surface area contributed by atoms with Crippen molar-refractivity contribution in [3.63, 3.8) is 0 Å². The Bertz CT molecular complexity index is 934. The van der Waals surface area contributed by atoms with Crippen LogP contribution in [0.2, 0.25) is 5.02 Å². The van der Waals surface area contributed by atoms with E-state index in [1.54, 1.807) is 59.8 Å². The van der Waals surface area contributed by atoms with E-state index < -0.39 is 6.23 Å². The second kappa shape index (κ2) is 7.34. The number of aliphatic hydroxyl groups excluding tert-OH is 1. The second-order valence-corrected chi connectivity index (χ2v) is 6.43. The molecule has 0 spiro atoms. The molecule has 0 radical (unpaired) electrons. The van der Waals surface area contributed by atoms with Gasteiger partial charge in [-0.3, -0.25) is 4.99 Å². The minimum atomic E-state index is -1.05. The Morgan fingerprint density at radius 3 is 2.44 bits per heavy atom. The monoisotopic (exact) mass is 383 g/mol. The Hall–Kier alpha value is -2.96. The van der Waals surface area contributed by atoms with Crippen molar-refractivity contribution < 1.29 is 14.0 Å². The molecule has 0 amide bonds. The van der Waals surface area contributed by atoms with Gasteiger partial charge in [-0.25, -0.2) is 4.39 Å². The largest absolute Gasteiger partial charge is 0.369 e. The Balaban J connectivity index is 1.84. The molecule has 0 aliphatic carbocycles. The zero-order valence-corrected chi connectivity index (χ0v) is 14.8. The van der Waals surface area contributed by atoms with Gasteiger partial charge >= 0.3 is 0 Å². The molecule has 0 saturated carbocycles. The Morgan fingerprint density at radius 2 is 1.78 bits per heavy atom. The first kappa shape index (κ1) is 17.5. The van der Waals surface area contributed by atoms with Crippen molar-refractivity contribution in [1.29, 1.82) is 0 Å². The van der Waals surface area contributed by atoms with Gasteiger partial charge in [-0.15, -0.1) is 0 Å². The van der Waals surface area contributed by atoms with Gasteiger partial charge < -0.3 is 14.5 Å². The number of halogens is 2. The number of aliphatic imine (C=N–C) groups is 1. The molecule has 7 heteroatoms. The second-order valence-electron chi connectivity index (χ2n) is 5.99. The highest BCUT2D eigenvalue weighted by molar-refractivity contribution is 6.30. The highest BCUT2D eigenvalue weighted by Gasteiger charge is 2.28. The van der Waals surface area contributed by atoms with Crippen molar-refractivity contribution in [2.24, 2.45) is 4.99 Å². The predicted octanol–water partition coefficient (Wildman–Crippen LogP) is 4.65. The van der Waals surface area contributed by atoms with E-state index in [2.05, 4.69) is 10.1 Å². The number of nitrogens with zero attached hydrogens (tertiary/aromatic N) is 3. The van der Waals surface area contributed by atoms with E-state index in [-0.39, 0.29) is 5.82 Å². The van der Waals surface area contributed by atoms with Crippen LogP contribution in [-0.4, -0.2) is 28.0 Å². The van der Waals surface area contributed by atoms with Crippen LogP contribution in [0.4, 0.5) is 4.39 Å². The van der Waals surface area contributed by atoms with Gasteiger partial charge in [0.05, 0.1) is 5.56 Å². The number of aliphatic hydroxyl groups is 1. The average molecular weight is 384 g/mol. The third-order valence-corrected chi connectivity index (χ3v) is 4.49. The van der Waals surface area contributed by atoms with Gasteiger partial charge in [-0.05, 0) is 42.5 Å². The van der Waals surface area contributed by atoms with E-state index >= 15 is 0 Å². The molecule has 1 aromatic heterocycles. The molecule has 1 N–H and O–H groups in total. The standard InChI is InChI=1S/C20H15ClFN3O2/c21-15-6-2-13(3-7-15)18-17(20(26)25-11-1-10-23-12-25)19(27-24-18)14-4-8-16(22)9-5-14/h1-11,20,26H,12H2. The van der Waals surface area contributed by atoms with Crippen LogP contribution in [0.1, 0.15) is 11.8 Å². The molecule has 0 saturated heterocycles. The van der Waals surface area contributed by atoms with Gasteiger partial charge in [-0.1, -0.05) is 28.9 Å². The van der Waals surface area contributed by atoms with Crippen molar-refractivity contribution in [1.82, 2.24) is 10.1 Å². The average Bonchev–Trinajstić information content (AvgIpc) is 3.14. The summed E-state index contributed by atoms with van der Waals surface area (Å²) in [6.45, 7) is 0.297. The molecule has 136 valence electrons. The van der Waals surface area contributed by atoms with Crippen LogP contribution in [0, 0.1) is 5.82 Å². The van der Waals surface area contributed by atoms with Gasteiger partial charge in [-0.2, -0.15) is 0 Å². The molecule has 4 rings (SSSR count). The summed E-state index contributed by atoms with van der Waals surface area (Å²) in [5.41, 5.74) is 2.32. The lowest BCUT2D eigenvalue weighted by atomic mass is 10.0. The van der Waals surface area contributed by atoms with E-state index in [0.29, 0.717) is 34.3 Å². The van der Waals surface area contributed by atoms with Crippen molar-refractivity contribution in [3.8, 4) is 22.6 Å². The molecule has 5 nitrogen and oxygen atoms in total. The lowest BCUT2D eigenvalue weighted by molar-refractivity contribution is 0.0386. The maximum Gasteiger partial charge on any atom is 0.175 e. The van der Waals surface area contributed by atoms with E-state index in [1.807, 2.05) is 0 Å². The van der Waals surface area contributed by atoms with Crippen molar-refractivity contribution in [2.75, 3.05) is 6.67 Å². The minimum absolute atomic E-state index is 0.297. The van der Waals surface area contributed by atoms with Crippen LogP contribution in [0.5, 0.6) is 0 Å². The van der Waals surface area contributed by atoms with Crippen molar-refractivity contribution >= 4 is 17.8 Å².